The monoisotopic (exact) mass is 533 g/mol. The van der Waals surface area contributed by atoms with Gasteiger partial charge < -0.3 is 10.2 Å². The maximum absolute atomic E-state index is 12.3. The number of hydrogen-bond acceptors (Lipinski definition) is 3. The first-order valence-corrected chi connectivity index (χ1v) is 16.2. The fourth-order valence-electron chi connectivity index (χ4n) is 2.57. The van der Waals surface area contributed by atoms with Crippen LogP contribution in [-0.4, -0.2) is 41.1 Å². The summed E-state index contributed by atoms with van der Waals surface area (Å²) in [6.45, 7) is 2.18. The van der Waals surface area contributed by atoms with Gasteiger partial charge >= 0.3 is 49.4 Å². The molecule has 2 heterocycles. The fraction of sp³-hybridized carbons (Fsp3) is 0.909. The first-order chi connectivity index (χ1) is 8.65. The number of amides is 1. The average molecular weight is 533 g/mol. The summed E-state index contributed by atoms with van der Waals surface area (Å²) in [6, 6.07) is 0.473. The van der Waals surface area contributed by atoms with Gasteiger partial charge in [-0.15, -0.1) is 11.8 Å². The second-order valence-corrected chi connectivity index (χ2v) is 17.6. The van der Waals surface area contributed by atoms with Crippen LogP contribution in [0, 0.1) is 0 Å². The van der Waals surface area contributed by atoms with Gasteiger partial charge in [0.2, 0.25) is 5.91 Å². The number of nitrogens with zero attached hydrogens (tertiary/aromatic N) is 1. The molecule has 0 spiro atoms. The molecular formula is C11H20I2N2OSV. The minimum absolute atomic E-state index is 0.0445. The van der Waals surface area contributed by atoms with E-state index in [9.17, 15) is 4.79 Å². The average Bonchev–Trinajstić information content (AvgIpc) is 2.50. The van der Waals surface area contributed by atoms with Gasteiger partial charge in [0.25, 0.3) is 0 Å². The van der Waals surface area contributed by atoms with Crippen LogP contribution in [-0.2, 0) is 14.3 Å². The Balaban J connectivity index is 0.000000492. The molecular weight excluding hydrogens is 513 g/mol. The Morgan fingerprint density at radius 3 is 2.67 bits per heavy atom. The molecule has 2 aliphatic heterocycles. The Kier molecular flexibility index (Phi) is 9.64. The predicted molar refractivity (Wildman–Crippen MR) is 91.9 cm³/mol. The molecule has 0 aromatic heterocycles. The Bertz CT molecular complexity index is 273. The number of fused-ring (bicyclic) bond motifs is 1. The first kappa shape index (κ1) is 17.9. The predicted octanol–water partition coefficient (Wildman–Crippen LogP) is 3.21. The zero-order valence-electron chi connectivity index (χ0n) is 10.7. The van der Waals surface area contributed by atoms with Crippen LogP contribution >= 0.6 is 51.7 Å². The first-order valence-electron chi connectivity index (χ1n) is 6.19. The molecule has 18 heavy (non-hydrogen) atoms. The van der Waals surface area contributed by atoms with Crippen LogP contribution in [0.3, 0.4) is 0 Å². The standard InChI is InChI=1S/C11H20N2OS.2HI.V/c1-8-4-3-5-10-13(8)11(14)9(12-2)6-7-15-10;;;/h8-10,12H,3-7H2,1-2H3;2*1H;/q;;;+2/p-2/t8?,9-,10?;;;/m0.../s1. The summed E-state index contributed by atoms with van der Waals surface area (Å²) in [5.41, 5.74) is 0. The van der Waals surface area contributed by atoms with Crippen molar-refractivity contribution in [1.82, 2.24) is 10.2 Å². The number of thioether (sulfide) groups is 1. The normalized spacial score (nSPS) is 31.9. The Hall–Kier alpha value is 1.82. The van der Waals surface area contributed by atoms with Crippen molar-refractivity contribution < 1.29 is 14.3 Å². The third-order valence-electron chi connectivity index (χ3n) is 3.48. The molecule has 0 radical (unpaired) electrons. The summed E-state index contributed by atoms with van der Waals surface area (Å²) in [4.78, 5) is 14.4. The zero-order valence-corrected chi connectivity index (χ0v) is 17.3. The van der Waals surface area contributed by atoms with Crippen LogP contribution in [0.4, 0.5) is 0 Å². The number of carbonyl (C=O) groups excluding carboxylic acids is 1. The molecule has 0 bridgehead atoms. The Labute approximate surface area is 143 Å². The van der Waals surface area contributed by atoms with Gasteiger partial charge in [-0.05, 0) is 45.4 Å². The van der Waals surface area contributed by atoms with E-state index >= 15 is 0 Å². The fourth-order valence-corrected chi connectivity index (χ4v) is 4.02. The van der Waals surface area contributed by atoms with Crippen molar-refractivity contribution in [3.8, 4) is 0 Å². The SMILES string of the molecule is CN[C@H]1CCSC2CCCC(C)N2C1=O.[I][V][I]. The number of rotatable bonds is 1. The maximum atomic E-state index is 12.3. The molecule has 2 unspecified atom stereocenters. The van der Waals surface area contributed by atoms with E-state index in [0.717, 1.165) is 12.2 Å². The molecule has 3 atom stereocenters. The number of halogens is 2. The molecule has 0 aliphatic carbocycles. The molecule has 1 amide bonds. The van der Waals surface area contributed by atoms with Crippen molar-refractivity contribution in [3.63, 3.8) is 0 Å². The molecule has 7 heteroatoms. The molecule has 2 rings (SSSR count). The van der Waals surface area contributed by atoms with E-state index in [2.05, 4.69) is 57.1 Å². The molecule has 0 aromatic carbocycles. The summed E-state index contributed by atoms with van der Waals surface area (Å²) in [5, 5.41) is 3.59. The van der Waals surface area contributed by atoms with Crippen molar-refractivity contribution in [3.05, 3.63) is 0 Å². The molecule has 2 fully saturated rings. The van der Waals surface area contributed by atoms with E-state index < -0.39 is 0 Å². The molecule has 0 aromatic rings. The Morgan fingerprint density at radius 2 is 2.06 bits per heavy atom. The van der Waals surface area contributed by atoms with Gasteiger partial charge in [0.15, 0.2) is 0 Å². The number of nitrogens with one attached hydrogen (secondary N) is 1. The Morgan fingerprint density at radius 1 is 1.39 bits per heavy atom. The summed E-state index contributed by atoms with van der Waals surface area (Å²) < 4.78 is 0. The van der Waals surface area contributed by atoms with Gasteiger partial charge in [0.05, 0.1) is 11.4 Å². The quantitative estimate of drug-likeness (QED) is 0.526. The number of piperidine rings is 1. The second kappa shape index (κ2) is 9.70. The second-order valence-electron chi connectivity index (χ2n) is 4.54. The molecule has 2 saturated heterocycles. The van der Waals surface area contributed by atoms with E-state index in [1.807, 2.05) is 18.8 Å². The van der Waals surface area contributed by atoms with Gasteiger partial charge in [-0.2, -0.15) is 0 Å². The number of carbonyl (C=O) groups is 1. The van der Waals surface area contributed by atoms with E-state index in [-0.39, 0.29) is 6.04 Å². The van der Waals surface area contributed by atoms with Gasteiger partial charge in [-0.3, -0.25) is 4.79 Å². The van der Waals surface area contributed by atoms with Crippen LogP contribution < -0.4 is 5.32 Å². The van der Waals surface area contributed by atoms with Crippen LogP contribution in [0.25, 0.3) is 0 Å². The third-order valence-corrected chi connectivity index (χ3v) is 4.79. The van der Waals surface area contributed by atoms with E-state index in [1.54, 1.807) is 0 Å². The van der Waals surface area contributed by atoms with Crippen molar-refractivity contribution in [2.45, 2.75) is 50.1 Å². The summed E-state index contributed by atoms with van der Waals surface area (Å²) >= 11 is 6.70. The van der Waals surface area contributed by atoms with Crippen LogP contribution in [0.15, 0.2) is 0 Å². The van der Waals surface area contributed by atoms with Crippen molar-refractivity contribution in [2.24, 2.45) is 0 Å². The summed E-state index contributed by atoms with van der Waals surface area (Å²) in [6.07, 6.45) is 4.59. The van der Waals surface area contributed by atoms with Crippen LogP contribution in [0.5, 0.6) is 0 Å². The van der Waals surface area contributed by atoms with Crippen molar-refractivity contribution in [2.75, 3.05) is 12.8 Å². The summed E-state index contributed by atoms with van der Waals surface area (Å²) in [5.74, 6) is 1.42. The summed E-state index contributed by atoms with van der Waals surface area (Å²) in [7, 11) is 2.52. The molecule has 0 saturated carbocycles. The van der Waals surface area contributed by atoms with Gasteiger partial charge in [-0.1, -0.05) is 0 Å². The molecule has 1 N–H and O–H groups in total. The minimum atomic E-state index is 0.0445. The molecule has 2 aliphatic rings. The van der Waals surface area contributed by atoms with Gasteiger partial charge in [-0.25, -0.2) is 0 Å². The van der Waals surface area contributed by atoms with Gasteiger partial charge in [0, 0.05) is 6.04 Å². The molecule has 105 valence electrons. The van der Waals surface area contributed by atoms with Gasteiger partial charge in [0.1, 0.15) is 0 Å². The zero-order chi connectivity index (χ0) is 13.5. The third kappa shape index (κ3) is 4.98. The van der Waals surface area contributed by atoms with Crippen molar-refractivity contribution in [1.29, 1.82) is 0 Å². The van der Waals surface area contributed by atoms with Crippen LogP contribution in [0.2, 0.25) is 0 Å². The number of likely N-dealkylation sites (N-methyl/N-ethyl adjacent to an activating group) is 1. The molecule has 3 nitrogen and oxygen atoms in total. The van der Waals surface area contributed by atoms with Crippen molar-refractivity contribution >= 4 is 57.6 Å². The van der Waals surface area contributed by atoms with E-state index in [0.29, 0.717) is 26.8 Å². The van der Waals surface area contributed by atoms with E-state index in [1.165, 1.54) is 19.3 Å². The number of hydrogen-bond donors (Lipinski definition) is 1. The van der Waals surface area contributed by atoms with E-state index in [4.69, 9.17) is 0 Å². The van der Waals surface area contributed by atoms with Crippen LogP contribution in [0.1, 0.15) is 32.6 Å². The topological polar surface area (TPSA) is 32.3 Å².